The van der Waals surface area contributed by atoms with Crippen molar-refractivity contribution in [3.63, 3.8) is 0 Å². The van der Waals surface area contributed by atoms with Crippen molar-refractivity contribution in [3.05, 3.63) is 47.7 Å². The molecule has 0 atom stereocenters. The second-order valence-corrected chi connectivity index (χ2v) is 4.97. The van der Waals surface area contributed by atoms with Crippen LogP contribution in [0.25, 0.3) is 0 Å². The van der Waals surface area contributed by atoms with Crippen LogP contribution >= 0.6 is 0 Å². The van der Waals surface area contributed by atoms with Crippen LogP contribution in [0.4, 0.5) is 11.5 Å². The van der Waals surface area contributed by atoms with Gasteiger partial charge in [0.1, 0.15) is 11.6 Å². The second kappa shape index (κ2) is 7.40. The summed E-state index contributed by atoms with van der Waals surface area (Å²) < 4.78 is 5.06. The zero-order valence-corrected chi connectivity index (χ0v) is 13.3. The maximum Gasteiger partial charge on any atom is 0.255 e. The summed E-state index contributed by atoms with van der Waals surface area (Å²) in [5.41, 5.74) is 1.93. The van der Waals surface area contributed by atoms with E-state index in [1.807, 2.05) is 6.92 Å². The molecule has 0 aliphatic carbocycles. The molecule has 0 radical (unpaired) electrons. The molecule has 2 N–H and O–H groups in total. The van der Waals surface area contributed by atoms with E-state index in [0.29, 0.717) is 29.2 Å². The zero-order chi connectivity index (χ0) is 16.8. The van der Waals surface area contributed by atoms with Crippen molar-refractivity contribution in [1.82, 2.24) is 4.98 Å². The fraction of sp³-hybridized carbons (Fsp3) is 0.235. The van der Waals surface area contributed by atoms with Crippen LogP contribution in [0.1, 0.15) is 29.3 Å². The second-order valence-electron chi connectivity index (χ2n) is 4.97. The number of methoxy groups -OCH3 is 1. The number of hydrogen-bond donors (Lipinski definition) is 2. The first-order valence-electron chi connectivity index (χ1n) is 7.25. The molecule has 0 bridgehead atoms. The number of nitrogens with one attached hydrogen (secondary N) is 2. The highest BCUT2D eigenvalue weighted by Crippen LogP contribution is 2.19. The molecule has 6 nitrogen and oxygen atoms in total. The van der Waals surface area contributed by atoms with Gasteiger partial charge in [0.2, 0.25) is 5.91 Å². The SMILES string of the molecule is CCC(=O)Nc1cc(C)c(NC(=O)c2ccc(OC)cc2)cn1. The summed E-state index contributed by atoms with van der Waals surface area (Å²) in [6.45, 7) is 3.61. The lowest BCUT2D eigenvalue weighted by molar-refractivity contribution is -0.115. The summed E-state index contributed by atoms with van der Waals surface area (Å²) in [4.78, 5) is 27.7. The number of rotatable bonds is 5. The smallest absolute Gasteiger partial charge is 0.255 e. The van der Waals surface area contributed by atoms with E-state index in [0.717, 1.165) is 5.56 Å². The molecule has 23 heavy (non-hydrogen) atoms. The van der Waals surface area contributed by atoms with E-state index < -0.39 is 0 Å². The predicted octanol–water partition coefficient (Wildman–Crippen LogP) is 3.00. The van der Waals surface area contributed by atoms with E-state index in [1.165, 1.54) is 6.20 Å². The summed E-state index contributed by atoms with van der Waals surface area (Å²) in [5, 5.41) is 5.48. The number of carbonyl (C=O) groups is 2. The molecule has 2 aromatic rings. The van der Waals surface area contributed by atoms with Crippen molar-refractivity contribution in [2.24, 2.45) is 0 Å². The average Bonchev–Trinajstić information content (AvgIpc) is 2.57. The molecule has 1 aromatic carbocycles. The van der Waals surface area contributed by atoms with Gasteiger partial charge in [-0.1, -0.05) is 6.92 Å². The van der Waals surface area contributed by atoms with Gasteiger partial charge in [-0.25, -0.2) is 4.98 Å². The van der Waals surface area contributed by atoms with Crippen molar-refractivity contribution in [2.45, 2.75) is 20.3 Å². The Labute approximate surface area is 134 Å². The third-order valence-corrected chi connectivity index (χ3v) is 3.30. The molecular weight excluding hydrogens is 294 g/mol. The Morgan fingerprint density at radius 2 is 1.87 bits per heavy atom. The van der Waals surface area contributed by atoms with Crippen LogP contribution in [0.2, 0.25) is 0 Å². The van der Waals surface area contributed by atoms with Crippen LogP contribution in [-0.2, 0) is 4.79 Å². The Morgan fingerprint density at radius 3 is 2.43 bits per heavy atom. The van der Waals surface area contributed by atoms with E-state index >= 15 is 0 Å². The maximum absolute atomic E-state index is 12.2. The van der Waals surface area contributed by atoms with E-state index in [4.69, 9.17) is 4.74 Å². The molecule has 0 unspecified atom stereocenters. The van der Waals surface area contributed by atoms with Crippen LogP contribution in [0, 0.1) is 6.92 Å². The Kier molecular flexibility index (Phi) is 5.30. The largest absolute Gasteiger partial charge is 0.497 e. The summed E-state index contributed by atoms with van der Waals surface area (Å²) >= 11 is 0. The number of aromatic nitrogens is 1. The van der Waals surface area contributed by atoms with Gasteiger partial charge in [0, 0.05) is 12.0 Å². The van der Waals surface area contributed by atoms with Crippen LogP contribution in [0.15, 0.2) is 36.5 Å². The third kappa shape index (κ3) is 4.29. The molecule has 0 spiro atoms. The highest BCUT2D eigenvalue weighted by atomic mass is 16.5. The molecule has 0 aliphatic rings. The number of pyridine rings is 1. The Morgan fingerprint density at radius 1 is 1.17 bits per heavy atom. The maximum atomic E-state index is 12.2. The third-order valence-electron chi connectivity index (χ3n) is 3.30. The van der Waals surface area contributed by atoms with Gasteiger partial charge in [0.25, 0.3) is 5.91 Å². The number of nitrogens with zero attached hydrogens (tertiary/aromatic N) is 1. The standard InChI is InChI=1S/C17H19N3O3/c1-4-16(21)20-15-9-11(2)14(10-18-15)19-17(22)12-5-7-13(23-3)8-6-12/h5-10H,4H2,1-3H3,(H,19,22)(H,18,20,21). The molecule has 6 heteroatoms. The lowest BCUT2D eigenvalue weighted by Gasteiger charge is -2.10. The number of carbonyl (C=O) groups excluding carboxylic acids is 2. The lowest BCUT2D eigenvalue weighted by Crippen LogP contribution is -2.14. The molecular formula is C17H19N3O3. The van der Waals surface area contributed by atoms with Crippen LogP contribution in [0.5, 0.6) is 5.75 Å². The number of hydrogen-bond acceptors (Lipinski definition) is 4. The highest BCUT2D eigenvalue weighted by molar-refractivity contribution is 6.04. The van der Waals surface area contributed by atoms with Gasteiger partial charge in [0.05, 0.1) is 19.0 Å². The Bertz CT molecular complexity index is 712. The highest BCUT2D eigenvalue weighted by Gasteiger charge is 2.09. The fourth-order valence-electron chi connectivity index (χ4n) is 1.92. The molecule has 0 saturated heterocycles. The summed E-state index contributed by atoms with van der Waals surface area (Å²) in [6.07, 6.45) is 1.92. The first kappa shape index (κ1) is 16.5. The Hall–Kier alpha value is -2.89. The first-order chi connectivity index (χ1) is 11.0. The van der Waals surface area contributed by atoms with Crippen molar-refractivity contribution >= 4 is 23.3 Å². The van der Waals surface area contributed by atoms with E-state index in [2.05, 4.69) is 15.6 Å². The van der Waals surface area contributed by atoms with Gasteiger partial charge in [-0.3, -0.25) is 9.59 Å². The topological polar surface area (TPSA) is 80.3 Å². The Balaban J connectivity index is 2.09. The van der Waals surface area contributed by atoms with E-state index in [-0.39, 0.29) is 11.8 Å². The minimum atomic E-state index is -0.233. The van der Waals surface area contributed by atoms with E-state index in [1.54, 1.807) is 44.4 Å². The van der Waals surface area contributed by atoms with Gasteiger partial charge >= 0.3 is 0 Å². The predicted molar refractivity (Wildman–Crippen MR) is 88.8 cm³/mol. The monoisotopic (exact) mass is 313 g/mol. The molecule has 120 valence electrons. The van der Waals surface area contributed by atoms with Gasteiger partial charge in [-0.2, -0.15) is 0 Å². The van der Waals surface area contributed by atoms with Crippen LogP contribution in [-0.4, -0.2) is 23.9 Å². The number of ether oxygens (including phenoxy) is 1. The van der Waals surface area contributed by atoms with Gasteiger partial charge < -0.3 is 15.4 Å². The quantitative estimate of drug-likeness (QED) is 0.889. The molecule has 0 saturated carbocycles. The van der Waals surface area contributed by atoms with Crippen molar-refractivity contribution in [3.8, 4) is 5.75 Å². The molecule has 1 heterocycles. The van der Waals surface area contributed by atoms with Crippen molar-refractivity contribution in [2.75, 3.05) is 17.7 Å². The van der Waals surface area contributed by atoms with Crippen molar-refractivity contribution < 1.29 is 14.3 Å². The molecule has 0 aliphatic heterocycles. The number of amides is 2. The number of aryl methyl sites for hydroxylation is 1. The average molecular weight is 313 g/mol. The first-order valence-corrected chi connectivity index (χ1v) is 7.25. The molecule has 2 rings (SSSR count). The minimum absolute atomic E-state index is 0.105. The van der Waals surface area contributed by atoms with Crippen LogP contribution < -0.4 is 15.4 Å². The zero-order valence-electron chi connectivity index (χ0n) is 13.3. The van der Waals surface area contributed by atoms with Crippen LogP contribution in [0.3, 0.4) is 0 Å². The number of benzene rings is 1. The minimum Gasteiger partial charge on any atom is -0.497 e. The summed E-state index contributed by atoms with van der Waals surface area (Å²) in [6, 6.07) is 8.55. The fourth-order valence-corrected chi connectivity index (χ4v) is 1.92. The van der Waals surface area contributed by atoms with Crippen molar-refractivity contribution in [1.29, 1.82) is 0 Å². The van der Waals surface area contributed by atoms with Gasteiger partial charge in [-0.05, 0) is 42.8 Å². The molecule has 0 fully saturated rings. The normalized spacial score (nSPS) is 10.0. The van der Waals surface area contributed by atoms with E-state index in [9.17, 15) is 9.59 Å². The lowest BCUT2D eigenvalue weighted by atomic mass is 10.2. The van der Waals surface area contributed by atoms with Gasteiger partial charge in [0.15, 0.2) is 0 Å². The van der Waals surface area contributed by atoms with Gasteiger partial charge in [-0.15, -0.1) is 0 Å². The molecule has 2 amide bonds. The molecule has 1 aromatic heterocycles. The summed E-state index contributed by atoms with van der Waals surface area (Å²) in [5.74, 6) is 0.821. The summed E-state index contributed by atoms with van der Waals surface area (Å²) in [7, 11) is 1.57. The number of anilines is 2.